The molecule has 0 bridgehead atoms. The Hall–Kier alpha value is -1.60. The van der Waals surface area contributed by atoms with Crippen molar-refractivity contribution in [1.29, 1.82) is 0 Å². The molecule has 1 aromatic carbocycles. The number of hydrogen-bond acceptors (Lipinski definition) is 4. The van der Waals surface area contributed by atoms with Crippen molar-refractivity contribution in [3.63, 3.8) is 0 Å². The van der Waals surface area contributed by atoms with Crippen LogP contribution in [0.3, 0.4) is 0 Å². The zero-order chi connectivity index (χ0) is 15.6. The molecule has 2 N–H and O–H groups in total. The maximum absolute atomic E-state index is 12.4. The normalized spacial score (nSPS) is 22.2. The van der Waals surface area contributed by atoms with Crippen LogP contribution in [0.4, 0.5) is 0 Å². The molecule has 2 atom stereocenters. The molecule has 1 saturated carbocycles. The fourth-order valence-electron chi connectivity index (χ4n) is 2.68. The summed E-state index contributed by atoms with van der Waals surface area (Å²) in [4.78, 5) is 11.2. The molecule has 0 radical (unpaired) electrons. The summed E-state index contributed by atoms with van der Waals surface area (Å²) in [5.41, 5.74) is 0.710. The summed E-state index contributed by atoms with van der Waals surface area (Å²) in [5, 5.41) is 9.11. The van der Waals surface area contributed by atoms with Gasteiger partial charge in [-0.3, -0.25) is 4.79 Å². The average molecular weight is 313 g/mol. The molecule has 7 heteroatoms. The van der Waals surface area contributed by atoms with E-state index in [1.807, 2.05) is 0 Å². The first-order valence-electron chi connectivity index (χ1n) is 6.75. The summed E-state index contributed by atoms with van der Waals surface area (Å²) in [6.45, 7) is 1.76. The number of carboxylic acid groups (broad SMARTS) is 1. The third-order valence-corrected chi connectivity index (χ3v) is 5.30. The second-order valence-corrected chi connectivity index (χ2v) is 6.95. The van der Waals surface area contributed by atoms with E-state index in [4.69, 9.17) is 9.84 Å². The van der Waals surface area contributed by atoms with Gasteiger partial charge >= 0.3 is 5.97 Å². The van der Waals surface area contributed by atoms with Gasteiger partial charge in [-0.2, -0.15) is 0 Å². The molecule has 1 aliphatic carbocycles. The van der Waals surface area contributed by atoms with Crippen molar-refractivity contribution in [2.75, 3.05) is 7.11 Å². The van der Waals surface area contributed by atoms with Crippen LogP contribution < -0.4 is 9.46 Å². The van der Waals surface area contributed by atoms with Gasteiger partial charge in [-0.15, -0.1) is 0 Å². The second kappa shape index (κ2) is 6.03. The van der Waals surface area contributed by atoms with E-state index < -0.39 is 28.0 Å². The van der Waals surface area contributed by atoms with Crippen molar-refractivity contribution in [3.05, 3.63) is 23.8 Å². The number of ether oxygens (including phenoxy) is 1. The topological polar surface area (TPSA) is 92.7 Å². The molecule has 2 rings (SSSR count). The highest BCUT2D eigenvalue weighted by molar-refractivity contribution is 7.89. The van der Waals surface area contributed by atoms with Crippen molar-refractivity contribution in [3.8, 4) is 5.75 Å². The lowest BCUT2D eigenvalue weighted by molar-refractivity contribution is -0.141. The minimum atomic E-state index is -3.73. The van der Waals surface area contributed by atoms with E-state index in [2.05, 4.69) is 4.72 Å². The van der Waals surface area contributed by atoms with Crippen LogP contribution in [0, 0.1) is 12.8 Å². The SMILES string of the molecule is COc1ccc(S(=O)(=O)NC2CCCC2C(=O)O)cc1C. The van der Waals surface area contributed by atoms with Crippen LogP contribution in [0.1, 0.15) is 24.8 Å². The van der Waals surface area contributed by atoms with Crippen molar-refractivity contribution in [2.45, 2.75) is 37.1 Å². The fraction of sp³-hybridized carbons (Fsp3) is 0.500. The molecule has 0 heterocycles. The minimum absolute atomic E-state index is 0.122. The molecular formula is C14H19NO5S. The van der Waals surface area contributed by atoms with Crippen LogP contribution >= 0.6 is 0 Å². The van der Waals surface area contributed by atoms with Crippen LogP contribution in [0.2, 0.25) is 0 Å². The lowest BCUT2D eigenvalue weighted by Gasteiger charge is -2.18. The number of methoxy groups -OCH3 is 1. The van der Waals surface area contributed by atoms with Gasteiger partial charge in [0, 0.05) is 6.04 Å². The average Bonchev–Trinajstić information content (AvgIpc) is 2.86. The minimum Gasteiger partial charge on any atom is -0.496 e. The van der Waals surface area contributed by atoms with E-state index in [1.54, 1.807) is 13.0 Å². The van der Waals surface area contributed by atoms with E-state index >= 15 is 0 Å². The van der Waals surface area contributed by atoms with Gasteiger partial charge in [0.05, 0.1) is 17.9 Å². The largest absolute Gasteiger partial charge is 0.496 e. The Balaban J connectivity index is 2.22. The van der Waals surface area contributed by atoms with E-state index in [0.29, 0.717) is 30.6 Å². The summed E-state index contributed by atoms with van der Waals surface area (Å²) in [6, 6.07) is 4.02. The van der Waals surface area contributed by atoms with Crippen molar-refractivity contribution in [1.82, 2.24) is 4.72 Å². The highest BCUT2D eigenvalue weighted by atomic mass is 32.2. The second-order valence-electron chi connectivity index (χ2n) is 5.23. The predicted molar refractivity (Wildman–Crippen MR) is 76.8 cm³/mol. The maximum atomic E-state index is 12.4. The van der Waals surface area contributed by atoms with Gasteiger partial charge in [-0.05, 0) is 43.5 Å². The third-order valence-electron chi connectivity index (χ3n) is 3.82. The monoisotopic (exact) mass is 313 g/mol. The number of aliphatic carboxylic acids is 1. The predicted octanol–water partition coefficient (Wildman–Crippen LogP) is 1.54. The number of benzene rings is 1. The number of carboxylic acids is 1. The summed E-state index contributed by atoms with van der Waals surface area (Å²) < 4.78 is 32.3. The zero-order valence-corrected chi connectivity index (χ0v) is 12.8. The van der Waals surface area contributed by atoms with Crippen LogP contribution in [0.5, 0.6) is 5.75 Å². The lowest BCUT2D eigenvalue weighted by Crippen LogP contribution is -2.40. The van der Waals surface area contributed by atoms with Gasteiger partial charge in [-0.25, -0.2) is 13.1 Å². The molecule has 1 fully saturated rings. The van der Waals surface area contributed by atoms with Crippen LogP contribution in [0.15, 0.2) is 23.1 Å². The van der Waals surface area contributed by atoms with Crippen LogP contribution in [-0.2, 0) is 14.8 Å². The molecule has 21 heavy (non-hydrogen) atoms. The molecule has 1 aromatic rings. The molecule has 1 aliphatic rings. The first-order valence-corrected chi connectivity index (χ1v) is 8.23. The third kappa shape index (κ3) is 3.36. The Morgan fingerprint density at radius 2 is 2.10 bits per heavy atom. The van der Waals surface area contributed by atoms with E-state index in [1.165, 1.54) is 19.2 Å². The quantitative estimate of drug-likeness (QED) is 0.860. The highest BCUT2D eigenvalue weighted by Crippen LogP contribution is 2.28. The van der Waals surface area contributed by atoms with Crippen LogP contribution in [-0.4, -0.2) is 32.6 Å². The summed E-state index contributed by atoms with van der Waals surface area (Å²) in [7, 11) is -2.21. The standard InChI is InChI=1S/C14H19NO5S/c1-9-8-10(6-7-13(9)20-2)21(18,19)15-12-5-3-4-11(12)14(16)17/h6-8,11-12,15H,3-5H2,1-2H3,(H,16,17). The Labute approximate surface area is 124 Å². The summed E-state index contributed by atoms with van der Waals surface area (Å²) in [5.74, 6) is -0.997. The first-order chi connectivity index (χ1) is 9.85. The molecule has 0 aliphatic heterocycles. The first kappa shape index (κ1) is 15.8. The number of nitrogens with one attached hydrogen (secondary N) is 1. The molecule has 0 amide bonds. The Morgan fingerprint density at radius 1 is 1.38 bits per heavy atom. The number of sulfonamides is 1. The maximum Gasteiger partial charge on any atom is 0.308 e. The molecule has 0 saturated heterocycles. The fourth-order valence-corrected chi connectivity index (χ4v) is 4.08. The zero-order valence-electron chi connectivity index (χ0n) is 12.0. The van der Waals surface area contributed by atoms with Crippen molar-refractivity contribution >= 4 is 16.0 Å². The highest BCUT2D eigenvalue weighted by Gasteiger charge is 2.35. The number of rotatable bonds is 5. The molecule has 0 spiro atoms. The van der Waals surface area contributed by atoms with Gasteiger partial charge in [0.2, 0.25) is 10.0 Å². The molecule has 0 aromatic heterocycles. The van der Waals surface area contributed by atoms with Gasteiger partial charge < -0.3 is 9.84 Å². The molecule has 2 unspecified atom stereocenters. The van der Waals surface area contributed by atoms with Gasteiger partial charge in [-0.1, -0.05) is 6.42 Å². The van der Waals surface area contributed by atoms with E-state index in [9.17, 15) is 13.2 Å². The van der Waals surface area contributed by atoms with Gasteiger partial charge in [0.15, 0.2) is 0 Å². The molecule has 6 nitrogen and oxygen atoms in total. The van der Waals surface area contributed by atoms with Crippen molar-refractivity contribution in [2.24, 2.45) is 5.92 Å². The van der Waals surface area contributed by atoms with Crippen LogP contribution in [0.25, 0.3) is 0 Å². The van der Waals surface area contributed by atoms with E-state index in [-0.39, 0.29) is 4.90 Å². The summed E-state index contributed by atoms with van der Waals surface area (Å²) >= 11 is 0. The Morgan fingerprint density at radius 3 is 2.67 bits per heavy atom. The Kier molecular flexibility index (Phi) is 4.53. The number of aryl methyl sites for hydroxylation is 1. The lowest BCUT2D eigenvalue weighted by atomic mass is 10.1. The molecule has 116 valence electrons. The number of carbonyl (C=O) groups is 1. The van der Waals surface area contributed by atoms with Crippen molar-refractivity contribution < 1.29 is 23.1 Å². The smallest absolute Gasteiger partial charge is 0.308 e. The number of hydrogen-bond donors (Lipinski definition) is 2. The Bertz CT molecular complexity index is 641. The summed E-state index contributed by atoms with van der Waals surface area (Å²) in [6.07, 6.45) is 1.77. The molecular weight excluding hydrogens is 294 g/mol. The van der Waals surface area contributed by atoms with E-state index in [0.717, 1.165) is 0 Å². The van der Waals surface area contributed by atoms with Gasteiger partial charge in [0.25, 0.3) is 0 Å². The van der Waals surface area contributed by atoms with Gasteiger partial charge in [0.1, 0.15) is 5.75 Å².